The Bertz CT molecular complexity index is 299. The fourth-order valence-electron chi connectivity index (χ4n) is 2.30. The third-order valence-electron chi connectivity index (χ3n) is 3.51. The summed E-state index contributed by atoms with van der Waals surface area (Å²) in [6.07, 6.45) is 3.75. The SMILES string of the molecule is CC(C)(C)CCCC(=O)N1CCC(C(=O)O)CC1. The van der Waals surface area contributed by atoms with Gasteiger partial charge >= 0.3 is 5.97 Å². The van der Waals surface area contributed by atoms with Gasteiger partial charge in [-0.1, -0.05) is 20.8 Å². The number of carboxylic acid groups (broad SMARTS) is 1. The van der Waals surface area contributed by atoms with E-state index in [0.717, 1.165) is 12.8 Å². The maximum atomic E-state index is 11.9. The van der Waals surface area contributed by atoms with Crippen molar-refractivity contribution < 1.29 is 14.7 Å². The Kier molecular flexibility index (Phi) is 5.17. The van der Waals surface area contributed by atoms with Gasteiger partial charge in [-0.3, -0.25) is 9.59 Å². The van der Waals surface area contributed by atoms with Crippen molar-refractivity contribution in [3.63, 3.8) is 0 Å². The molecular weight excluding hydrogens is 230 g/mol. The number of carbonyl (C=O) groups is 2. The number of carbonyl (C=O) groups excluding carboxylic acids is 1. The summed E-state index contributed by atoms with van der Waals surface area (Å²) in [5, 5.41) is 8.89. The van der Waals surface area contributed by atoms with E-state index < -0.39 is 5.97 Å². The van der Waals surface area contributed by atoms with E-state index in [-0.39, 0.29) is 17.2 Å². The first-order chi connectivity index (χ1) is 8.29. The largest absolute Gasteiger partial charge is 0.481 e. The van der Waals surface area contributed by atoms with Gasteiger partial charge in [0.2, 0.25) is 5.91 Å². The molecule has 0 aliphatic carbocycles. The Labute approximate surface area is 109 Å². The molecule has 1 aliphatic heterocycles. The molecule has 0 bridgehead atoms. The molecule has 104 valence electrons. The van der Waals surface area contributed by atoms with Crippen molar-refractivity contribution in [1.82, 2.24) is 4.90 Å². The monoisotopic (exact) mass is 255 g/mol. The predicted octanol–water partition coefficient (Wildman–Crippen LogP) is 2.53. The van der Waals surface area contributed by atoms with Crippen molar-refractivity contribution >= 4 is 11.9 Å². The molecule has 0 unspecified atom stereocenters. The first kappa shape index (κ1) is 15.0. The highest BCUT2D eigenvalue weighted by molar-refractivity contribution is 5.77. The number of amides is 1. The Morgan fingerprint density at radius 3 is 2.22 bits per heavy atom. The summed E-state index contributed by atoms with van der Waals surface area (Å²) in [6, 6.07) is 0. The lowest BCUT2D eigenvalue weighted by Crippen LogP contribution is -2.40. The maximum Gasteiger partial charge on any atom is 0.306 e. The molecule has 0 radical (unpaired) electrons. The second-order valence-corrected chi connectivity index (χ2v) is 6.41. The molecule has 0 saturated carbocycles. The van der Waals surface area contributed by atoms with Crippen LogP contribution in [0.3, 0.4) is 0 Å². The van der Waals surface area contributed by atoms with Crippen LogP contribution in [0.2, 0.25) is 0 Å². The number of aliphatic carboxylic acids is 1. The number of hydrogen-bond acceptors (Lipinski definition) is 2. The van der Waals surface area contributed by atoms with Crippen molar-refractivity contribution in [1.29, 1.82) is 0 Å². The molecule has 1 heterocycles. The molecule has 0 aromatic carbocycles. The standard InChI is InChI=1S/C14H25NO3/c1-14(2,3)8-4-5-12(16)15-9-6-11(7-10-15)13(17)18/h11H,4-10H2,1-3H3,(H,17,18). The van der Waals surface area contributed by atoms with E-state index >= 15 is 0 Å². The van der Waals surface area contributed by atoms with Gasteiger partial charge in [0.05, 0.1) is 5.92 Å². The van der Waals surface area contributed by atoms with Crippen LogP contribution in [-0.2, 0) is 9.59 Å². The minimum absolute atomic E-state index is 0.183. The van der Waals surface area contributed by atoms with E-state index in [1.807, 2.05) is 4.90 Å². The second-order valence-electron chi connectivity index (χ2n) is 6.41. The summed E-state index contributed by atoms with van der Waals surface area (Å²) < 4.78 is 0. The molecule has 18 heavy (non-hydrogen) atoms. The van der Waals surface area contributed by atoms with Gasteiger partial charge in [-0.15, -0.1) is 0 Å². The van der Waals surface area contributed by atoms with Crippen LogP contribution >= 0.6 is 0 Å². The fraction of sp³-hybridized carbons (Fsp3) is 0.857. The van der Waals surface area contributed by atoms with E-state index in [0.29, 0.717) is 32.4 Å². The smallest absolute Gasteiger partial charge is 0.306 e. The molecule has 4 heteroatoms. The lowest BCUT2D eigenvalue weighted by Gasteiger charge is -2.30. The fourth-order valence-corrected chi connectivity index (χ4v) is 2.30. The van der Waals surface area contributed by atoms with Crippen molar-refractivity contribution in [2.75, 3.05) is 13.1 Å². The molecule has 1 aliphatic rings. The third kappa shape index (κ3) is 5.07. The number of nitrogens with zero attached hydrogens (tertiary/aromatic N) is 1. The summed E-state index contributed by atoms with van der Waals surface area (Å²) >= 11 is 0. The zero-order valence-electron chi connectivity index (χ0n) is 11.7. The van der Waals surface area contributed by atoms with Crippen molar-refractivity contribution in [3.05, 3.63) is 0 Å². The molecule has 0 spiro atoms. The highest BCUT2D eigenvalue weighted by atomic mass is 16.4. The normalized spacial score (nSPS) is 17.8. The minimum Gasteiger partial charge on any atom is -0.481 e. The molecule has 1 amide bonds. The summed E-state index contributed by atoms with van der Waals surface area (Å²) in [5.41, 5.74) is 0.274. The zero-order valence-corrected chi connectivity index (χ0v) is 11.7. The minimum atomic E-state index is -0.727. The van der Waals surface area contributed by atoms with E-state index in [2.05, 4.69) is 20.8 Å². The van der Waals surface area contributed by atoms with E-state index in [9.17, 15) is 9.59 Å². The predicted molar refractivity (Wildman–Crippen MR) is 70.2 cm³/mol. The van der Waals surface area contributed by atoms with Gasteiger partial charge < -0.3 is 10.0 Å². The summed E-state index contributed by atoms with van der Waals surface area (Å²) in [6.45, 7) is 7.73. The topological polar surface area (TPSA) is 57.6 Å². The maximum absolute atomic E-state index is 11.9. The molecule has 4 nitrogen and oxygen atoms in total. The van der Waals surface area contributed by atoms with Gasteiger partial charge in [0, 0.05) is 19.5 Å². The van der Waals surface area contributed by atoms with Crippen LogP contribution in [0, 0.1) is 11.3 Å². The average Bonchev–Trinajstić information content (AvgIpc) is 2.27. The van der Waals surface area contributed by atoms with Crippen LogP contribution in [0.15, 0.2) is 0 Å². The lowest BCUT2D eigenvalue weighted by atomic mass is 9.89. The van der Waals surface area contributed by atoms with Crippen molar-refractivity contribution in [3.8, 4) is 0 Å². The lowest BCUT2D eigenvalue weighted by molar-refractivity contribution is -0.145. The number of hydrogen-bond donors (Lipinski definition) is 1. The van der Waals surface area contributed by atoms with Crippen LogP contribution < -0.4 is 0 Å². The molecule has 0 aromatic rings. The average molecular weight is 255 g/mol. The van der Waals surface area contributed by atoms with Crippen LogP contribution in [0.25, 0.3) is 0 Å². The molecule has 1 fully saturated rings. The second kappa shape index (κ2) is 6.21. The van der Waals surface area contributed by atoms with Gasteiger partial charge in [-0.05, 0) is 31.1 Å². The Balaban J connectivity index is 2.26. The van der Waals surface area contributed by atoms with Gasteiger partial charge in [0.1, 0.15) is 0 Å². The molecule has 1 N–H and O–H groups in total. The van der Waals surface area contributed by atoms with Crippen LogP contribution in [0.5, 0.6) is 0 Å². The van der Waals surface area contributed by atoms with Gasteiger partial charge in [-0.2, -0.15) is 0 Å². The van der Waals surface area contributed by atoms with Gasteiger partial charge in [0.25, 0.3) is 0 Å². The third-order valence-corrected chi connectivity index (χ3v) is 3.51. The molecule has 0 atom stereocenters. The molecule has 1 saturated heterocycles. The highest BCUT2D eigenvalue weighted by Crippen LogP contribution is 2.23. The van der Waals surface area contributed by atoms with Crippen LogP contribution in [0.1, 0.15) is 52.9 Å². The van der Waals surface area contributed by atoms with Crippen molar-refractivity contribution in [2.24, 2.45) is 11.3 Å². The molecule has 0 aromatic heterocycles. The first-order valence-corrected chi connectivity index (χ1v) is 6.80. The van der Waals surface area contributed by atoms with Gasteiger partial charge in [-0.25, -0.2) is 0 Å². The van der Waals surface area contributed by atoms with Gasteiger partial charge in [0.15, 0.2) is 0 Å². The van der Waals surface area contributed by atoms with Crippen molar-refractivity contribution in [2.45, 2.75) is 52.9 Å². The Morgan fingerprint density at radius 1 is 1.22 bits per heavy atom. The number of rotatable bonds is 4. The van der Waals surface area contributed by atoms with E-state index in [1.54, 1.807) is 0 Å². The number of piperidine rings is 1. The number of carboxylic acids is 1. The quantitative estimate of drug-likeness (QED) is 0.839. The van der Waals surface area contributed by atoms with E-state index in [1.165, 1.54) is 0 Å². The molecular formula is C14H25NO3. The highest BCUT2D eigenvalue weighted by Gasteiger charge is 2.26. The zero-order chi connectivity index (χ0) is 13.8. The van der Waals surface area contributed by atoms with E-state index in [4.69, 9.17) is 5.11 Å². The summed E-state index contributed by atoms with van der Waals surface area (Å²) in [4.78, 5) is 24.6. The number of likely N-dealkylation sites (tertiary alicyclic amines) is 1. The van der Waals surface area contributed by atoms with Crippen LogP contribution in [0.4, 0.5) is 0 Å². The van der Waals surface area contributed by atoms with Crippen LogP contribution in [-0.4, -0.2) is 35.0 Å². The Hall–Kier alpha value is -1.06. The molecule has 1 rings (SSSR count). The summed E-state index contributed by atoms with van der Waals surface area (Å²) in [7, 11) is 0. The Morgan fingerprint density at radius 2 is 1.78 bits per heavy atom. The summed E-state index contributed by atoms with van der Waals surface area (Å²) in [5.74, 6) is -0.804. The first-order valence-electron chi connectivity index (χ1n) is 6.80.